The van der Waals surface area contributed by atoms with Crippen LogP contribution >= 0.6 is 0 Å². The molecule has 1 saturated carbocycles. The Bertz CT molecular complexity index is 781. The smallest absolute Gasteiger partial charge is 0.329 e. The van der Waals surface area contributed by atoms with E-state index in [1.54, 1.807) is 12.1 Å². The van der Waals surface area contributed by atoms with Gasteiger partial charge in [0.15, 0.2) is 6.61 Å². The first-order valence-electron chi connectivity index (χ1n) is 9.90. The molecule has 1 aromatic rings. The third kappa shape index (κ3) is 4.41. The minimum atomic E-state index is -1.03. The molecular weight excluding hydrogens is 374 g/mol. The van der Waals surface area contributed by atoms with E-state index in [0.29, 0.717) is 18.5 Å². The van der Waals surface area contributed by atoms with Crippen molar-refractivity contribution in [2.45, 2.75) is 38.6 Å². The summed E-state index contributed by atoms with van der Waals surface area (Å²) < 4.78 is 5.06. The molecule has 2 aliphatic rings. The van der Waals surface area contributed by atoms with Crippen molar-refractivity contribution in [1.82, 2.24) is 4.90 Å². The molecule has 0 spiro atoms. The van der Waals surface area contributed by atoms with Gasteiger partial charge in [-0.3, -0.25) is 19.3 Å². The SMILES string of the molecule is C[C@@H](C(=O)OCC(=O)Nc1ccc(N(C)C)cc1)N1C(=O)[C@H]2CCCC[C@H]2C1=O. The Kier molecular flexibility index (Phi) is 6.20. The van der Waals surface area contributed by atoms with Crippen molar-refractivity contribution >= 4 is 35.1 Å². The maximum atomic E-state index is 12.6. The van der Waals surface area contributed by atoms with Crippen LogP contribution in [0, 0.1) is 11.8 Å². The molecule has 3 rings (SSSR count). The number of likely N-dealkylation sites (tertiary alicyclic amines) is 1. The zero-order valence-electron chi connectivity index (χ0n) is 17.0. The highest BCUT2D eigenvalue weighted by Crippen LogP contribution is 2.38. The van der Waals surface area contributed by atoms with Crippen LogP contribution in [0.2, 0.25) is 0 Å². The largest absolute Gasteiger partial charge is 0.454 e. The second-order valence-electron chi connectivity index (χ2n) is 7.82. The van der Waals surface area contributed by atoms with E-state index in [4.69, 9.17) is 4.74 Å². The average molecular weight is 401 g/mol. The summed E-state index contributed by atoms with van der Waals surface area (Å²) >= 11 is 0. The summed E-state index contributed by atoms with van der Waals surface area (Å²) in [4.78, 5) is 52.5. The summed E-state index contributed by atoms with van der Waals surface area (Å²) in [5.41, 5.74) is 1.57. The second kappa shape index (κ2) is 8.63. The number of benzene rings is 1. The van der Waals surface area contributed by atoms with Gasteiger partial charge in [0.25, 0.3) is 5.91 Å². The van der Waals surface area contributed by atoms with Crippen LogP contribution in [-0.2, 0) is 23.9 Å². The molecule has 1 aliphatic carbocycles. The van der Waals surface area contributed by atoms with Gasteiger partial charge in [0.2, 0.25) is 11.8 Å². The maximum Gasteiger partial charge on any atom is 0.329 e. The molecule has 0 unspecified atom stereocenters. The molecule has 3 atom stereocenters. The number of hydrogen-bond donors (Lipinski definition) is 1. The molecule has 29 heavy (non-hydrogen) atoms. The summed E-state index contributed by atoms with van der Waals surface area (Å²) in [6.07, 6.45) is 3.20. The number of hydrogen-bond acceptors (Lipinski definition) is 6. The molecule has 3 amide bonds. The Hall–Kier alpha value is -2.90. The van der Waals surface area contributed by atoms with E-state index >= 15 is 0 Å². The highest BCUT2D eigenvalue weighted by Gasteiger charge is 2.51. The van der Waals surface area contributed by atoms with Gasteiger partial charge in [0.05, 0.1) is 11.8 Å². The van der Waals surface area contributed by atoms with Gasteiger partial charge >= 0.3 is 5.97 Å². The Morgan fingerprint density at radius 1 is 1.10 bits per heavy atom. The zero-order valence-corrected chi connectivity index (χ0v) is 17.0. The molecule has 8 heteroatoms. The molecular formula is C21H27N3O5. The summed E-state index contributed by atoms with van der Waals surface area (Å²) in [6.45, 7) is 0.981. The van der Waals surface area contributed by atoms with Crippen LogP contribution in [0.25, 0.3) is 0 Å². The molecule has 1 heterocycles. The number of anilines is 2. The number of nitrogens with one attached hydrogen (secondary N) is 1. The van der Waals surface area contributed by atoms with Crippen molar-refractivity contribution in [3.05, 3.63) is 24.3 Å². The fraction of sp³-hybridized carbons (Fsp3) is 0.524. The molecule has 1 aliphatic heterocycles. The third-order valence-corrected chi connectivity index (χ3v) is 5.62. The first-order valence-corrected chi connectivity index (χ1v) is 9.90. The lowest BCUT2D eigenvalue weighted by Crippen LogP contribution is -2.45. The third-order valence-electron chi connectivity index (χ3n) is 5.62. The Balaban J connectivity index is 1.52. The number of carbonyl (C=O) groups excluding carboxylic acids is 4. The van der Waals surface area contributed by atoms with E-state index in [1.807, 2.05) is 31.1 Å². The van der Waals surface area contributed by atoms with Crippen molar-refractivity contribution < 1.29 is 23.9 Å². The number of amides is 3. The first-order chi connectivity index (χ1) is 13.8. The lowest BCUT2D eigenvalue weighted by Gasteiger charge is -2.21. The van der Waals surface area contributed by atoms with E-state index in [2.05, 4.69) is 5.32 Å². The minimum absolute atomic E-state index is 0.297. The van der Waals surface area contributed by atoms with Crippen molar-refractivity contribution in [2.75, 3.05) is 30.9 Å². The summed E-state index contributed by atoms with van der Waals surface area (Å²) in [5, 5.41) is 2.65. The molecule has 1 N–H and O–H groups in total. The van der Waals surface area contributed by atoms with Gasteiger partial charge in [-0.25, -0.2) is 4.79 Å². The molecule has 8 nitrogen and oxygen atoms in total. The number of ether oxygens (including phenoxy) is 1. The van der Waals surface area contributed by atoms with Crippen molar-refractivity contribution in [3.8, 4) is 0 Å². The number of nitrogens with zero attached hydrogens (tertiary/aromatic N) is 2. The van der Waals surface area contributed by atoms with E-state index in [9.17, 15) is 19.2 Å². The van der Waals surface area contributed by atoms with Crippen LogP contribution in [0.3, 0.4) is 0 Å². The molecule has 0 radical (unpaired) electrons. The van der Waals surface area contributed by atoms with Crippen LogP contribution in [-0.4, -0.2) is 55.3 Å². The predicted molar refractivity (Wildman–Crippen MR) is 107 cm³/mol. The van der Waals surface area contributed by atoms with E-state index in [0.717, 1.165) is 23.4 Å². The van der Waals surface area contributed by atoms with Gasteiger partial charge in [0.1, 0.15) is 6.04 Å². The summed E-state index contributed by atoms with van der Waals surface area (Å²) in [5.74, 6) is -2.48. The lowest BCUT2D eigenvalue weighted by molar-refractivity contribution is -0.159. The van der Waals surface area contributed by atoms with Gasteiger partial charge in [-0.15, -0.1) is 0 Å². The Morgan fingerprint density at radius 2 is 1.66 bits per heavy atom. The Morgan fingerprint density at radius 3 is 2.17 bits per heavy atom. The monoisotopic (exact) mass is 401 g/mol. The highest BCUT2D eigenvalue weighted by molar-refractivity contribution is 6.08. The van der Waals surface area contributed by atoms with Crippen molar-refractivity contribution in [1.29, 1.82) is 0 Å². The lowest BCUT2D eigenvalue weighted by atomic mass is 9.81. The highest BCUT2D eigenvalue weighted by atomic mass is 16.5. The maximum absolute atomic E-state index is 12.6. The summed E-state index contributed by atoms with van der Waals surface area (Å²) in [6, 6.07) is 6.18. The van der Waals surface area contributed by atoms with E-state index in [1.165, 1.54) is 6.92 Å². The van der Waals surface area contributed by atoms with E-state index < -0.39 is 24.5 Å². The minimum Gasteiger partial charge on any atom is -0.454 e. The number of imide groups is 1. The standard InChI is InChI=1S/C21H27N3O5/c1-13(24-19(26)16-6-4-5-7-17(16)20(24)27)21(28)29-12-18(25)22-14-8-10-15(11-9-14)23(2)3/h8-11,13,16-17H,4-7,12H2,1-3H3,(H,22,25)/t13-,16-,17+/m0/s1. The average Bonchev–Trinajstić information content (AvgIpc) is 2.96. The van der Waals surface area contributed by atoms with Crippen LogP contribution in [0.15, 0.2) is 24.3 Å². The normalized spacial score (nSPS) is 22.1. The number of esters is 1. The van der Waals surface area contributed by atoms with Crippen LogP contribution in [0.5, 0.6) is 0 Å². The molecule has 156 valence electrons. The molecule has 1 saturated heterocycles. The summed E-state index contributed by atoms with van der Waals surface area (Å²) in [7, 11) is 3.83. The zero-order chi connectivity index (χ0) is 21.1. The quantitative estimate of drug-likeness (QED) is 0.577. The van der Waals surface area contributed by atoms with Gasteiger partial charge in [-0.05, 0) is 44.0 Å². The number of carbonyl (C=O) groups is 4. The van der Waals surface area contributed by atoms with E-state index in [-0.39, 0.29) is 23.7 Å². The van der Waals surface area contributed by atoms with Gasteiger partial charge in [-0.2, -0.15) is 0 Å². The van der Waals surface area contributed by atoms with Crippen LogP contribution in [0.4, 0.5) is 11.4 Å². The molecule has 0 aromatic heterocycles. The van der Waals surface area contributed by atoms with Crippen molar-refractivity contribution in [2.24, 2.45) is 11.8 Å². The Labute approximate surface area is 170 Å². The number of rotatable bonds is 6. The van der Waals surface area contributed by atoms with Crippen molar-refractivity contribution in [3.63, 3.8) is 0 Å². The number of fused-ring (bicyclic) bond motifs is 1. The van der Waals surface area contributed by atoms with Gasteiger partial charge in [-0.1, -0.05) is 12.8 Å². The van der Waals surface area contributed by atoms with Gasteiger partial charge in [0, 0.05) is 25.5 Å². The fourth-order valence-corrected chi connectivity index (χ4v) is 3.97. The van der Waals surface area contributed by atoms with Crippen LogP contribution < -0.4 is 10.2 Å². The van der Waals surface area contributed by atoms with Gasteiger partial charge < -0.3 is 15.0 Å². The predicted octanol–water partition coefficient (Wildman–Crippen LogP) is 1.80. The topological polar surface area (TPSA) is 96.0 Å². The second-order valence-corrected chi connectivity index (χ2v) is 7.82. The van der Waals surface area contributed by atoms with Crippen LogP contribution in [0.1, 0.15) is 32.6 Å². The molecule has 0 bridgehead atoms. The first kappa shape index (κ1) is 20.8. The molecule has 1 aromatic carbocycles. The fourth-order valence-electron chi connectivity index (χ4n) is 3.97. The molecule has 2 fully saturated rings.